The summed E-state index contributed by atoms with van der Waals surface area (Å²) in [4.78, 5) is 4.26. The van der Waals surface area contributed by atoms with Crippen molar-refractivity contribution in [3.8, 4) is 0 Å². The van der Waals surface area contributed by atoms with Crippen LogP contribution in [0.25, 0.3) is 0 Å². The monoisotopic (exact) mass is 224 g/mol. The van der Waals surface area contributed by atoms with Crippen LogP contribution in [-0.2, 0) is 12.8 Å². The minimum atomic E-state index is 0.368. The summed E-state index contributed by atoms with van der Waals surface area (Å²) >= 11 is 6.13. The van der Waals surface area contributed by atoms with Gasteiger partial charge in [-0.3, -0.25) is 0 Å². The van der Waals surface area contributed by atoms with Gasteiger partial charge in [0.25, 0.3) is 0 Å². The third-order valence-corrected chi connectivity index (χ3v) is 3.61. The molecular formula is C11H13ClN2O. The second-order valence-electron chi connectivity index (χ2n) is 4.46. The number of nitrogens with zero attached hydrogens (tertiary/aromatic N) is 2. The van der Waals surface area contributed by atoms with E-state index in [4.69, 9.17) is 11.6 Å². The molecule has 0 aromatic carbocycles. The maximum Gasteiger partial charge on any atom is 0.306 e. The molecule has 4 heteroatoms. The van der Waals surface area contributed by atoms with Crippen LogP contribution in [0.3, 0.4) is 0 Å². The van der Waals surface area contributed by atoms with Crippen LogP contribution in [-0.4, -0.2) is 4.98 Å². The van der Waals surface area contributed by atoms with Crippen LogP contribution >= 0.6 is 11.6 Å². The van der Waals surface area contributed by atoms with Crippen molar-refractivity contribution in [3.63, 3.8) is 0 Å². The first-order chi connectivity index (χ1) is 7.27. The molecule has 1 fully saturated rings. The predicted molar refractivity (Wildman–Crippen MR) is 56.8 cm³/mol. The molecule has 0 aliphatic heterocycles. The molecule has 1 aromatic heterocycles. The van der Waals surface area contributed by atoms with Gasteiger partial charge in [-0.25, -0.2) is 4.73 Å². The van der Waals surface area contributed by atoms with Crippen molar-refractivity contribution in [2.45, 2.75) is 44.4 Å². The van der Waals surface area contributed by atoms with Crippen LogP contribution in [0.5, 0.6) is 0 Å². The predicted octanol–water partition coefficient (Wildman–Crippen LogP) is 2.12. The van der Waals surface area contributed by atoms with Crippen LogP contribution in [0.15, 0.2) is 0 Å². The summed E-state index contributed by atoms with van der Waals surface area (Å²) in [6.45, 7) is 0. The van der Waals surface area contributed by atoms with Gasteiger partial charge in [-0.15, -0.1) is 0 Å². The molecule has 1 heterocycles. The summed E-state index contributed by atoms with van der Waals surface area (Å²) in [6, 6.07) is 0. The Kier molecular flexibility index (Phi) is 2.09. The second-order valence-corrected chi connectivity index (χ2v) is 4.82. The molecule has 0 amide bonds. The highest BCUT2D eigenvalue weighted by molar-refractivity contribution is 6.30. The zero-order valence-corrected chi connectivity index (χ0v) is 9.26. The first-order valence-electron chi connectivity index (χ1n) is 5.58. The first kappa shape index (κ1) is 9.40. The lowest BCUT2D eigenvalue weighted by Crippen LogP contribution is -2.40. The van der Waals surface area contributed by atoms with Gasteiger partial charge in [0.1, 0.15) is 5.69 Å². The molecule has 0 saturated heterocycles. The van der Waals surface area contributed by atoms with Crippen molar-refractivity contribution in [2.24, 2.45) is 0 Å². The van der Waals surface area contributed by atoms with Crippen molar-refractivity contribution in [1.82, 2.24) is 4.98 Å². The van der Waals surface area contributed by atoms with E-state index in [0.29, 0.717) is 16.9 Å². The molecule has 80 valence electrons. The number of hydrogen-bond donors (Lipinski definition) is 0. The van der Waals surface area contributed by atoms with Crippen molar-refractivity contribution >= 4 is 11.6 Å². The van der Waals surface area contributed by atoms with Crippen LogP contribution in [0.1, 0.15) is 48.7 Å². The summed E-state index contributed by atoms with van der Waals surface area (Å²) in [5.41, 5.74) is 1.87. The Morgan fingerprint density at radius 2 is 2.00 bits per heavy atom. The van der Waals surface area contributed by atoms with Gasteiger partial charge in [0.15, 0.2) is 0 Å². The first-order valence-corrected chi connectivity index (χ1v) is 5.96. The lowest BCUT2D eigenvalue weighted by molar-refractivity contribution is -0.627. The van der Waals surface area contributed by atoms with E-state index in [9.17, 15) is 5.21 Å². The topological polar surface area (TPSA) is 39.8 Å². The highest BCUT2D eigenvalue weighted by Crippen LogP contribution is 2.38. The van der Waals surface area contributed by atoms with Gasteiger partial charge in [-0.2, -0.15) is 0 Å². The normalized spacial score (nSPS) is 20.1. The van der Waals surface area contributed by atoms with E-state index in [0.717, 1.165) is 54.5 Å². The van der Waals surface area contributed by atoms with Crippen LogP contribution < -0.4 is 4.73 Å². The second kappa shape index (κ2) is 3.34. The van der Waals surface area contributed by atoms with Gasteiger partial charge in [0, 0.05) is 6.42 Å². The van der Waals surface area contributed by atoms with Gasteiger partial charge < -0.3 is 5.21 Å². The van der Waals surface area contributed by atoms with E-state index in [-0.39, 0.29) is 0 Å². The quantitative estimate of drug-likeness (QED) is 0.417. The number of fused-ring (bicyclic) bond motifs is 1. The van der Waals surface area contributed by atoms with Crippen LogP contribution in [0.4, 0.5) is 0 Å². The Balaban J connectivity index is 2.15. The molecular weight excluding hydrogens is 212 g/mol. The fraction of sp³-hybridized carbons (Fsp3) is 0.636. The highest BCUT2D eigenvalue weighted by Gasteiger charge is 2.36. The van der Waals surface area contributed by atoms with Gasteiger partial charge in [-0.05, 0) is 48.7 Å². The van der Waals surface area contributed by atoms with E-state index in [2.05, 4.69) is 4.98 Å². The molecule has 2 aliphatic rings. The Bertz CT molecular complexity index is 416. The van der Waals surface area contributed by atoms with Crippen molar-refractivity contribution in [2.75, 3.05) is 0 Å². The third kappa shape index (κ3) is 1.49. The van der Waals surface area contributed by atoms with E-state index in [1.807, 2.05) is 0 Å². The SMILES string of the molecule is [O-][n+]1c(C2CC2)nc(Cl)c2c1CCCC2. The molecule has 0 radical (unpaired) electrons. The lowest BCUT2D eigenvalue weighted by atomic mass is 9.97. The summed E-state index contributed by atoms with van der Waals surface area (Å²) in [6.07, 6.45) is 6.17. The van der Waals surface area contributed by atoms with E-state index >= 15 is 0 Å². The zero-order chi connectivity index (χ0) is 10.4. The molecule has 1 aromatic rings. The third-order valence-electron chi connectivity index (χ3n) is 3.30. The minimum absolute atomic E-state index is 0.368. The summed E-state index contributed by atoms with van der Waals surface area (Å²) in [5.74, 6) is 1.02. The van der Waals surface area contributed by atoms with Crippen LogP contribution in [0.2, 0.25) is 5.15 Å². The molecule has 0 spiro atoms. The van der Waals surface area contributed by atoms with Gasteiger partial charge in [0.2, 0.25) is 5.15 Å². The van der Waals surface area contributed by atoms with E-state index < -0.39 is 0 Å². The number of rotatable bonds is 1. The molecule has 3 rings (SSSR count). The van der Waals surface area contributed by atoms with Gasteiger partial charge in [0.05, 0.1) is 11.5 Å². The fourth-order valence-electron chi connectivity index (χ4n) is 2.29. The summed E-state index contributed by atoms with van der Waals surface area (Å²) < 4.78 is 1.05. The fourth-order valence-corrected chi connectivity index (χ4v) is 2.58. The Labute approximate surface area is 93.7 Å². The summed E-state index contributed by atoms with van der Waals surface area (Å²) in [7, 11) is 0. The smallest absolute Gasteiger partial charge is 0.306 e. The average molecular weight is 225 g/mol. The largest absolute Gasteiger partial charge is 0.711 e. The Morgan fingerprint density at radius 1 is 1.27 bits per heavy atom. The van der Waals surface area contributed by atoms with E-state index in [1.54, 1.807) is 0 Å². The van der Waals surface area contributed by atoms with Gasteiger partial charge >= 0.3 is 5.82 Å². The zero-order valence-electron chi connectivity index (χ0n) is 8.50. The molecule has 0 N–H and O–H groups in total. The Hall–Kier alpha value is -0.830. The van der Waals surface area contributed by atoms with Crippen molar-refractivity contribution < 1.29 is 4.73 Å². The van der Waals surface area contributed by atoms with E-state index in [1.165, 1.54) is 0 Å². The molecule has 15 heavy (non-hydrogen) atoms. The standard InChI is InChI=1S/C11H13ClN2O/c12-10-8-3-1-2-4-9(8)14(15)11(13-10)7-5-6-7/h7H,1-6H2. The molecule has 1 saturated carbocycles. The van der Waals surface area contributed by atoms with Crippen molar-refractivity contribution in [3.05, 3.63) is 27.4 Å². The maximum atomic E-state index is 12.0. The number of halogens is 1. The highest BCUT2D eigenvalue weighted by atomic mass is 35.5. The molecule has 0 unspecified atom stereocenters. The Morgan fingerprint density at radius 3 is 2.73 bits per heavy atom. The van der Waals surface area contributed by atoms with Crippen molar-refractivity contribution in [1.29, 1.82) is 0 Å². The molecule has 2 aliphatic carbocycles. The maximum absolute atomic E-state index is 12.0. The summed E-state index contributed by atoms with van der Waals surface area (Å²) in [5, 5.41) is 12.6. The number of aromatic nitrogens is 2. The average Bonchev–Trinajstić information content (AvgIpc) is 3.07. The van der Waals surface area contributed by atoms with Crippen LogP contribution in [0, 0.1) is 5.21 Å². The minimum Gasteiger partial charge on any atom is -0.711 e. The molecule has 3 nitrogen and oxygen atoms in total. The molecule has 0 bridgehead atoms. The lowest BCUT2D eigenvalue weighted by Gasteiger charge is -2.19. The van der Waals surface area contributed by atoms with Gasteiger partial charge in [-0.1, -0.05) is 0 Å². The number of hydrogen-bond acceptors (Lipinski definition) is 2. The molecule has 0 atom stereocenters.